The fraction of sp³-hybridized carbons (Fsp3) is 0.793. The number of fused-ring (bicyclic) bond motifs is 2. The van der Waals surface area contributed by atoms with Crippen LogP contribution in [0.3, 0.4) is 0 Å². The van der Waals surface area contributed by atoms with Crippen molar-refractivity contribution in [3.8, 4) is 5.88 Å². The summed E-state index contributed by atoms with van der Waals surface area (Å²) in [5, 5.41) is 14.6. The van der Waals surface area contributed by atoms with Gasteiger partial charge in [-0.15, -0.1) is 0 Å². The van der Waals surface area contributed by atoms with Gasteiger partial charge in [0.15, 0.2) is 0 Å². The van der Waals surface area contributed by atoms with E-state index >= 15 is 0 Å². The van der Waals surface area contributed by atoms with Crippen LogP contribution >= 0.6 is 0 Å². The van der Waals surface area contributed by atoms with Crippen LogP contribution in [0.25, 0.3) is 0 Å². The highest BCUT2D eigenvalue weighted by molar-refractivity contribution is 6.84. The monoisotopic (exact) mass is 622 g/mol. The maximum atomic E-state index is 12.5. The normalized spacial score (nSPS) is 28.4. The third-order valence-electron chi connectivity index (χ3n) is 8.66. The van der Waals surface area contributed by atoms with E-state index in [9.17, 15) is 9.90 Å². The van der Waals surface area contributed by atoms with Crippen LogP contribution in [0.4, 0.5) is 11.6 Å². The van der Waals surface area contributed by atoms with Crippen LogP contribution in [0.15, 0.2) is 4.99 Å². The standard InChI is InChI=1S/C29H50N4O7Si2/c1-12-36-28-23-22(31-29(33-28)32-27(35)15(2)3)20(13-30-23)25-24(34)26-21(38-25)14-37-41(16(4)5,17(6)7)40-42(39-26,18(8)9)19(10)11/h13,15-21,24-26,34H,12,14H2,1-11H3,(H,31,32,33,35)/t20?,21-,24+,25+,26-/m1/s1. The third-order valence-corrected chi connectivity index (χ3v) is 18.9. The van der Waals surface area contributed by atoms with E-state index < -0.39 is 47.5 Å². The number of hydrogen-bond donors (Lipinski definition) is 2. The second-order valence-corrected chi connectivity index (χ2v) is 22.0. The molecule has 1 unspecified atom stereocenters. The van der Waals surface area contributed by atoms with Crippen molar-refractivity contribution in [1.82, 2.24) is 9.97 Å². The quantitative estimate of drug-likeness (QED) is 0.349. The molecule has 1 aromatic heterocycles. The molecular weight excluding hydrogens is 573 g/mol. The lowest BCUT2D eigenvalue weighted by molar-refractivity contribution is -0.118. The number of ether oxygens (including phenoxy) is 2. The minimum absolute atomic E-state index is 0.123. The van der Waals surface area contributed by atoms with Crippen LogP contribution in [0.2, 0.25) is 22.2 Å². The van der Waals surface area contributed by atoms with E-state index in [1.54, 1.807) is 20.1 Å². The predicted octanol–water partition coefficient (Wildman–Crippen LogP) is 5.35. The molecule has 0 aliphatic carbocycles. The number of hydrogen-bond acceptors (Lipinski definition) is 10. The largest absolute Gasteiger partial charge is 0.476 e. The molecule has 0 saturated carbocycles. The second-order valence-electron chi connectivity index (χ2n) is 13.2. The van der Waals surface area contributed by atoms with Crippen molar-refractivity contribution < 1.29 is 32.3 Å². The molecule has 42 heavy (non-hydrogen) atoms. The van der Waals surface area contributed by atoms with Gasteiger partial charge in [-0.25, -0.2) is 4.98 Å². The first-order valence-corrected chi connectivity index (χ1v) is 19.4. The van der Waals surface area contributed by atoms with Crippen LogP contribution < -0.4 is 10.1 Å². The third kappa shape index (κ3) is 5.85. The SMILES string of the molecule is CCOc1nc(NC(=O)C(C)C)nc2c1N=CC2[C@@H]1O[C@@H]2CO[Si](C(C)C)(C(C)C)O[Si](C(C)C)(C(C)C)O[C@H]2[C@H]1O. The van der Waals surface area contributed by atoms with Gasteiger partial charge in [-0.3, -0.25) is 15.1 Å². The molecule has 5 atom stereocenters. The molecule has 13 heteroatoms. The Morgan fingerprint density at radius 3 is 2.17 bits per heavy atom. The molecule has 3 aliphatic heterocycles. The van der Waals surface area contributed by atoms with Crippen molar-refractivity contribution in [2.75, 3.05) is 18.5 Å². The van der Waals surface area contributed by atoms with Crippen LogP contribution in [-0.2, 0) is 22.5 Å². The number of rotatable bonds is 9. The Hall–Kier alpha value is -1.75. The number of amides is 1. The first kappa shape index (κ1) is 33.2. The van der Waals surface area contributed by atoms with Crippen molar-refractivity contribution >= 4 is 40.9 Å². The number of aliphatic hydroxyl groups is 1. The summed E-state index contributed by atoms with van der Waals surface area (Å²) in [5.41, 5.74) is 1.66. The molecule has 2 saturated heterocycles. The van der Waals surface area contributed by atoms with Gasteiger partial charge < -0.3 is 27.5 Å². The van der Waals surface area contributed by atoms with Gasteiger partial charge >= 0.3 is 17.1 Å². The Morgan fingerprint density at radius 1 is 1.00 bits per heavy atom. The number of carbonyl (C=O) groups is 1. The number of nitrogens with zero attached hydrogens (tertiary/aromatic N) is 3. The van der Waals surface area contributed by atoms with Crippen LogP contribution in [-0.4, -0.2) is 81.9 Å². The minimum atomic E-state index is -2.94. The Morgan fingerprint density at radius 2 is 1.62 bits per heavy atom. The van der Waals surface area contributed by atoms with Crippen molar-refractivity contribution in [3.05, 3.63) is 5.69 Å². The number of aliphatic hydroxyl groups excluding tert-OH is 1. The summed E-state index contributed by atoms with van der Waals surface area (Å²) in [5.74, 6) is -0.550. The van der Waals surface area contributed by atoms with Crippen LogP contribution in [0.1, 0.15) is 87.8 Å². The maximum Gasteiger partial charge on any atom is 0.335 e. The molecule has 1 aromatic rings. The first-order valence-electron chi connectivity index (χ1n) is 15.4. The minimum Gasteiger partial charge on any atom is -0.476 e. The van der Waals surface area contributed by atoms with E-state index in [4.69, 9.17) is 22.4 Å². The summed E-state index contributed by atoms with van der Waals surface area (Å²) in [6.07, 6.45) is -1.10. The highest BCUT2D eigenvalue weighted by Gasteiger charge is 2.62. The van der Waals surface area contributed by atoms with Gasteiger partial charge in [-0.2, -0.15) is 4.98 Å². The molecule has 2 fully saturated rings. The molecule has 0 aromatic carbocycles. The van der Waals surface area contributed by atoms with E-state index in [0.29, 0.717) is 18.0 Å². The zero-order valence-corrected chi connectivity index (χ0v) is 29.0. The van der Waals surface area contributed by atoms with E-state index in [2.05, 4.69) is 75.7 Å². The van der Waals surface area contributed by atoms with Crippen LogP contribution in [0.5, 0.6) is 5.88 Å². The lowest BCUT2D eigenvalue weighted by Crippen LogP contribution is -2.65. The molecule has 0 radical (unpaired) electrons. The molecule has 4 heterocycles. The highest BCUT2D eigenvalue weighted by Crippen LogP contribution is 2.49. The van der Waals surface area contributed by atoms with Crippen molar-refractivity contribution in [1.29, 1.82) is 0 Å². The smallest absolute Gasteiger partial charge is 0.335 e. The topological polar surface area (TPSA) is 134 Å². The van der Waals surface area contributed by atoms with Gasteiger partial charge in [0.25, 0.3) is 0 Å². The van der Waals surface area contributed by atoms with E-state index in [0.717, 1.165) is 0 Å². The molecular formula is C29H50N4O7Si2. The Kier molecular flexibility index (Phi) is 10.0. The van der Waals surface area contributed by atoms with Gasteiger partial charge in [0.05, 0.1) is 30.9 Å². The average Bonchev–Trinajstić information content (AvgIpc) is 3.44. The predicted molar refractivity (Wildman–Crippen MR) is 166 cm³/mol. The number of carbonyl (C=O) groups excluding carboxylic acids is 1. The summed E-state index contributed by atoms with van der Waals surface area (Å²) < 4.78 is 33.6. The van der Waals surface area contributed by atoms with E-state index in [1.165, 1.54) is 0 Å². The number of aliphatic imine (C=N–C) groups is 1. The van der Waals surface area contributed by atoms with E-state index in [-0.39, 0.29) is 52.4 Å². The van der Waals surface area contributed by atoms with Gasteiger partial charge in [0.1, 0.15) is 24.0 Å². The lowest BCUT2D eigenvalue weighted by Gasteiger charge is -2.51. The van der Waals surface area contributed by atoms with Gasteiger partial charge in [0, 0.05) is 12.1 Å². The summed E-state index contributed by atoms with van der Waals surface area (Å²) in [4.78, 5) is 26.1. The Balaban J connectivity index is 1.73. The first-order chi connectivity index (χ1) is 19.7. The highest BCUT2D eigenvalue weighted by atomic mass is 28.5. The summed E-state index contributed by atoms with van der Waals surface area (Å²) in [6, 6.07) is 0. The number of aromatic nitrogens is 2. The zero-order valence-electron chi connectivity index (χ0n) is 27.0. The Bertz CT molecular complexity index is 1150. The lowest BCUT2D eigenvalue weighted by atomic mass is 9.94. The van der Waals surface area contributed by atoms with Crippen molar-refractivity contribution in [2.24, 2.45) is 10.9 Å². The summed E-state index contributed by atoms with van der Waals surface area (Å²) >= 11 is 0. The fourth-order valence-corrected chi connectivity index (χ4v) is 17.5. The van der Waals surface area contributed by atoms with Crippen molar-refractivity contribution in [3.63, 3.8) is 0 Å². The summed E-state index contributed by atoms with van der Waals surface area (Å²) in [7, 11) is -5.69. The zero-order chi connectivity index (χ0) is 31.1. The van der Waals surface area contributed by atoms with Gasteiger partial charge in [-0.1, -0.05) is 69.2 Å². The molecule has 3 aliphatic rings. The molecule has 1 amide bonds. The fourth-order valence-electron chi connectivity index (χ4n) is 6.30. The maximum absolute atomic E-state index is 12.5. The molecule has 4 rings (SSSR count). The number of nitrogens with one attached hydrogen (secondary N) is 1. The molecule has 0 bridgehead atoms. The molecule has 11 nitrogen and oxygen atoms in total. The second kappa shape index (κ2) is 12.7. The number of anilines is 1. The Labute approximate surface area is 252 Å². The molecule has 2 N–H and O–H groups in total. The summed E-state index contributed by atoms with van der Waals surface area (Å²) in [6.45, 7) is 23.4. The van der Waals surface area contributed by atoms with E-state index in [1.807, 2.05) is 6.92 Å². The molecule has 236 valence electrons. The van der Waals surface area contributed by atoms with Crippen molar-refractivity contribution in [2.45, 2.75) is 129 Å². The van der Waals surface area contributed by atoms with Gasteiger partial charge in [-0.05, 0) is 29.1 Å². The van der Waals surface area contributed by atoms with Crippen LogP contribution in [0, 0.1) is 5.92 Å². The average molecular weight is 623 g/mol. The van der Waals surface area contributed by atoms with Gasteiger partial charge in [0.2, 0.25) is 17.7 Å². The molecule has 0 spiro atoms.